The van der Waals surface area contributed by atoms with Crippen molar-refractivity contribution in [1.82, 2.24) is 29.9 Å². The van der Waals surface area contributed by atoms with Gasteiger partial charge in [0.1, 0.15) is 11.4 Å². The van der Waals surface area contributed by atoms with Crippen LogP contribution in [0.2, 0.25) is 0 Å². The molecule has 1 N–H and O–H groups in total. The zero-order valence-electron chi connectivity index (χ0n) is 16.6. The SMILES string of the molecule is CCOc1nn(CC)cc1-c1nnc(SCC(=O)NCc2ccc(F)cc2)n1C. The number of hydrogen-bond acceptors (Lipinski definition) is 6. The van der Waals surface area contributed by atoms with Gasteiger partial charge in [0.15, 0.2) is 11.0 Å². The molecule has 29 heavy (non-hydrogen) atoms. The minimum Gasteiger partial charge on any atom is -0.476 e. The van der Waals surface area contributed by atoms with Gasteiger partial charge in [-0.05, 0) is 31.5 Å². The molecule has 3 aromatic rings. The van der Waals surface area contributed by atoms with Gasteiger partial charge < -0.3 is 14.6 Å². The Morgan fingerprint density at radius 2 is 2.00 bits per heavy atom. The van der Waals surface area contributed by atoms with Crippen molar-refractivity contribution >= 4 is 17.7 Å². The fourth-order valence-corrected chi connectivity index (χ4v) is 3.36. The summed E-state index contributed by atoms with van der Waals surface area (Å²) in [5.74, 6) is 0.892. The summed E-state index contributed by atoms with van der Waals surface area (Å²) in [6.45, 7) is 5.46. The topological polar surface area (TPSA) is 86.9 Å². The molecule has 154 valence electrons. The van der Waals surface area contributed by atoms with E-state index in [1.54, 1.807) is 16.8 Å². The highest BCUT2D eigenvalue weighted by Gasteiger charge is 2.19. The Kier molecular flexibility index (Phi) is 6.86. The summed E-state index contributed by atoms with van der Waals surface area (Å²) >= 11 is 1.29. The molecule has 8 nitrogen and oxygen atoms in total. The smallest absolute Gasteiger partial charge is 0.243 e. The first-order chi connectivity index (χ1) is 14.0. The van der Waals surface area contributed by atoms with Crippen LogP contribution in [0.15, 0.2) is 35.6 Å². The van der Waals surface area contributed by atoms with Crippen molar-refractivity contribution in [3.8, 4) is 17.3 Å². The van der Waals surface area contributed by atoms with Crippen molar-refractivity contribution in [3.63, 3.8) is 0 Å². The summed E-state index contributed by atoms with van der Waals surface area (Å²) in [6, 6.07) is 6.03. The Balaban J connectivity index is 1.62. The Bertz CT molecular complexity index is 970. The van der Waals surface area contributed by atoms with Crippen molar-refractivity contribution in [3.05, 3.63) is 41.8 Å². The zero-order chi connectivity index (χ0) is 20.8. The number of rotatable bonds is 9. The molecule has 1 aromatic carbocycles. The van der Waals surface area contributed by atoms with E-state index in [2.05, 4.69) is 20.6 Å². The summed E-state index contributed by atoms with van der Waals surface area (Å²) in [6.07, 6.45) is 1.87. The Labute approximate surface area is 172 Å². The van der Waals surface area contributed by atoms with Crippen LogP contribution < -0.4 is 10.1 Å². The predicted octanol–water partition coefficient (Wildman–Crippen LogP) is 2.64. The predicted molar refractivity (Wildman–Crippen MR) is 108 cm³/mol. The number of hydrogen-bond donors (Lipinski definition) is 1. The van der Waals surface area contributed by atoms with Crippen LogP contribution >= 0.6 is 11.8 Å². The van der Waals surface area contributed by atoms with E-state index >= 15 is 0 Å². The third kappa shape index (κ3) is 5.14. The molecule has 0 bridgehead atoms. The molecule has 2 aromatic heterocycles. The highest BCUT2D eigenvalue weighted by molar-refractivity contribution is 7.99. The van der Waals surface area contributed by atoms with E-state index in [1.165, 1.54) is 23.9 Å². The summed E-state index contributed by atoms with van der Waals surface area (Å²) in [5, 5.41) is 16.3. The lowest BCUT2D eigenvalue weighted by Crippen LogP contribution is -2.24. The second kappa shape index (κ2) is 9.55. The van der Waals surface area contributed by atoms with Crippen LogP contribution in [0.3, 0.4) is 0 Å². The highest BCUT2D eigenvalue weighted by atomic mass is 32.2. The third-order valence-corrected chi connectivity index (χ3v) is 5.16. The van der Waals surface area contributed by atoms with Crippen LogP contribution in [0.1, 0.15) is 19.4 Å². The summed E-state index contributed by atoms with van der Waals surface area (Å²) < 4.78 is 22.1. The first-order valence-corrected chi connectivity index (χ1v) is 10.2. The average Bonchev–Trinajstić information content (AvgIpc) is 3.29. The van der Waals surface area contributed by atoms with Gasteiger partial charge in [0, 0.05) is 26.3 Å². The van der Waals surface area contributed by atoms with Crippen molar-refractivity contribution in [1.29, 1.82) is 0 Å². The molecule has 1 amide bonds. The van der Waals surface area contributed by atoms with Gasteiger partial charge in [-0.1, -0.05) is 23.9 Å². The number of ether oxygens (including phenoxy) is 1. The molecule has 3 rings (SSSR count). The largest absolute Gasteiger partial charge is 0.476 e. The Morgan fingerprint density at radius 3 is 2.69 bits per heavy atom. The van der Waals surface area contributed by atoms with Crippen molar-refractivity contribution in [2.45, 2.75) is 32.1 Å². The molecule has 0 atom stereocenters. The van der Waals surface area contributed by atoms with Gasteiger partial charge in [-0.15, -0.1) is 15.3 Å². The monoisotopic (exact) mass is 418 g/mol. The van der Waals surface area contributed by atoms with Gasteiger partial charge >= 0.3 is 0 Å². The maximum absolute atomic E-state index is 12.9. The zero-order valence-corrected chi connectivity index (χ0v) is 17.4. The number of amides is 1. The number of benzene rings is 1. The van der Waals surface area contributed by atoms with Crippen molar-refractivity contribution in [2.75, 3.05) is 12.4 Å². The van der Waals surface area contributed by atoms with Gasteiger partial charge in [0.05, 0.1) is 12.4 Å². The Hall–Kier alpha value is -2.88. The fraction of sp³-hybridized carbons (Fsp3) is 0.368. The van der Waals surface area contributed by atoms with E-state index in [1.807, 2.05) is 31.7 Å². The second-order valence-corrected chi connectivity index (χ2v) is 7.14. The number of halogens is 1. The minimum atomic E-state index is -0.300. The number of carbonyl (C=O) groups is 1. The Morgan fingerprint density at radius 1 is 1.24 bits per heavy atom. The molecule has 2 heterocycles. The van der Waals surface area contributed by atoms with Gasteiger partial charge in [0.25, 0.3) is 0 Å². The van der Waals surface area contributed by atoms with Crippen LogP contribution in [0.5, 0.6) is 5.88 Å². The van der Waals surface area contributed by atoms with Crippen LogP contribution in [-0.4, -0.2) is 42.8 Å². The lowest BCUT2D eigenvalue weighted by atomic mass is 10.2. The average molecular weight is 418 g/mol. The fourth-order valence-electron chi connectivity index (χ4n) is 2.62. The van der Waals surface area contributed by atoms with E-state index in [4.69, 9.17) is 4.74 Å². The van der Waals surface area contributed by atoms with Crippen LogP contribution in [0.4, 0.5) is 4.39 Å². The van der Waals surface area contributed by atoms with Crippen LogP contribution in [0.25, 0.3) is 11.4 Å². The quantitative estimate of drug-likeness (QED) is 0.538. The van der Waals surface area contributed by atoms with E-state index in [9.17, 15) is 9.18 Å². The van der Waals surface area contributed by atoms with Crippen LogP contribution in [0, 0.1) is 5.82 Å². The lowest BCUT2D eigenvalue weighted by molar-refractivity contribution is -0.118. The van der Waals surface area contributed by atoms with Gasteiger partial charge in [-0.2, -0.15) is 0 Å². The molecule has 10 heteroatoms. The first-order valence-electron chi connectivity index (χ1n) is 9.25. The van der Waals surface area contributed by atoms with Gasteiger partial charge in [0.2, 0.25) is 11.8 Å². The normalized spacial score (nSPS) is 10.9. The minimum absolute atomic E-state index is 0.141. The first kappa shape index (κ1) is 20.8. The lowest BCUT2D eigenvalue weighted by Gasteiger charge is -2.06. The molecule has 0 aliphatic rings. The molecule has 0 saturated carbocycles. The molecule has 0 aliphatic carbocycles. The van der Waals surface area contributed by atoms with Crippen molar-refractivity contribution < 1.29 is 13.9 Å². The number of nitrogens with one attached hydrogen (secondary N) is 1. The molecule has 0 fully saturated rings. The van der Waals surface area contributed by atoms with Crippen LogP contribution in [-0.2, 0) is 24.9 Å². The highest BCUT2D eigenvalue weighted by Crippen LogP contribution is 2.29. The van der Waals surface area contributed by atoms with Gasteiger partial charge in [-0.25, -0.2) is 4.39 Å². The summed E-state index contributed by atoms with van der Waals surface area (Å²) in [5.41, 5.74) is 1.60. The molecule has 0 radical (unpaired) electrons. The van der Waals surface area contributed by atoms with E-state index in [0.717, 1.165) is 11.1 Å². The molecule has 0 aliphatic heterocycles. The number of thioether (sulfide) groups is 1. The molecule has 0 saturated heterocycles. The number of aromatic nitrogens is 5. The number of aryl methyl sites for hydroxylation is 1. The molecule has 0 spiro atoms. The molecule has 0 unspecified atom stereocenters. The molecular formula is C19H23FN6O2S. The number of carbonyl (C=O) groups excluding carboxylic acids is 1. The summed E-state index contributed by atoms with van der Waals surface area (Å²) in [4.78, 5) is 12.1. The standard InChI is InChI=1S/C19H23FN6O2S/c1-4-26-11-15(18(24-26)28-5-2)17-22-23-19(25(17)3)29-12-16(27)21-10-13-6-8-14(20)9-7-13/h6-9,11H,4-5,10,12H2,1-3H3,(H,21,27). The van der Waals surface area contributed by atoms with E-state index in [-0.39, 0.29) is 17.5 Å². The summed E-state index contributed by atoms with van der Waals surface area (Å²) in [7, 11) is 1.84. The molecular weight excluding hydrogens is 395 g/mol. The van der Waals surface area contributed by atoms with E-state index in [0.29, 0.717) is 36.6 Å². The van der Waals surface area contributed by atoms with Gasteiger partial charge in [-0.3, -0.25) is 9.48 Å². The third-order valence-electron chi connectivity index (χ3n) is 4.14. The van der Waals surface area contributed by atoms with E-state index < -0.39 is 0 Å². The maximum atomic E-state index is 12.9. The second-order valence-electron chi connectivity index (χ2n) is 6.19. The van der Waals surface area contributed by atoms with Crippen molar-refractivity contribution in [2.24, 2.45) is 7.05 Å². The number of nitrogens with zero attached hydrogens (tertiary/aromatic N) is 5. The maximum Gasteiger partial charge on any atom is 0.243 e.